The molecular weight excluding hydrogens is 156 g/mol. The first-order valence-electron chi connectivity index (χ1n) is 3.04. The van der Waals surface area contributed by atoms with E-state index in [1.807, 2.05) is 0 Å². The summed E-state index contributed by atoms with van der Waals surface area (Å²) in [7, 11) is 0. The van der Waals surface area contributed by atoms with Gasteiger partial charge in [0.2, 0.25) is 11.5 Å². The van der Waals surface area contributed by atoms with E-state index in [0.29, 0.717) is 11.5 Å². The molecule has 0 saturated carbocycles. The number of benzene rings is 1. The Kier molecular flexibility index (Phi) is 2.53. The highest BCUT2D eigenvalue weighted by Gasteiger charge is 1.99. The second-order valence-corrected chi connectivity index (χ2v) is 1.84. The Hall–Kier alpha value is -2.20. The third-order valence-electron chi connectivity index (χ3n) is 1.13. The second kappa shape index (κ2) is 3.85. The summed E-state index contributed by atoms with van der Waals surface area (Å²) in [5.74, 6) is 0.865. The van der Waals surface area contributed by atoms with Crippen LogP contribution in [0.1, 0.15) is 0 Å². The predicted molar refractivity (Wildman–Crippen MR) is 40.9 cm³/mol. The molecule has 0 saturated heterocycles. The lowest BCUT2D eigenvalue weighted by Gasteiger charge is -1.90. The van der Waals surface area contributed by atoms with E-state index in [2.05, 4.69) is 19.7 Å². The highest BCUT2D eigenvalue weighted by Crippen LogP contribution is 2.17. The summed E-state index contributed by atoms with van der Waals surface area (Å²) in [6, 6.07) is 6.22. The van der Waals surface area contributed by atoms with Crippen molar-refractivity contribution < 1.29 is 9.68 Å². The van der Waals surface area contributed by atoms with Crippen LogP contribution >= 0.6 is 0 Å². The zero-order chi connectivity index (χ0) is 8.81. The normalized spacial score (nSPS) is 7.83. The molecule has 0 bridgehead atoms. The SMILES string of the molecule is [C-]#[N+]Oc1ccc(O[N+]#[C-])cc1. The van der Waals surface area contributed by atoms with E-state index in [1.54, 1.807) is 24.3 Å². The molecule has 0 N–H and O–H groups in total. The average Bonchev–Trinajstić information content (AvgIpc) is 2.09. The molecule has 0 atom stereocenters. The molecule has 0 aliphatic rings. The van der Waals surface area contributed by atoms with Gasteiger partial charge < -0.3 is 0 Å². The van der Waals surface area contributed by atoms with Gasteiger partial charge in [-0.3, -0.25) is 0 Å². The maximum Gasteiger partial charge on any atom is 0.219 e. The highest BCUT2D eigenvalue weighted by molar-refractivity contribution is 5.31. The monoisotopic (exact) mass is 160 g/mol. The summed E-state index contributed by atoms with van der Waals surface area (Å²) in [5.41, 5.74) is 0. The van der Waals surface area contributed by atoms with Crippen molar-refractivity contribution in [3.05, 3.63) is 47.4 Å². The van der Waals surface area contributed by atoms with Crippen molar-refractivity contribution in [2.45, 2.75) is 0 Å². The van der Waals surface area contributed by atoms with E-state index in [-0.39, 0.29) is 0 Å². The van der Waals surface area contributed by atoms with Crippen LogP contribution in [0.15, 0.2) is 24.3 Å². The molecule has 0 radical (unpaired) electrons. The van der Waals surface area contributed by atoms with Crippen molar-refractivity contribution in [1.29, 1.82) is 0 Å². The number of nitrogens with zero attached hydrogens (tertiary/aromatic N) is 2. The largest absolute Gasteiger partial charge is 0.219 e. The Morgan fingerprint density at radius 3 is 1.42 bits per heavy atom. The Balaban J connectivity index is 2.74. The molecule has 0 amide bonds. The first-order valence-corrected chi connectivity index (χ1v) is 3.04. The van der Waals surface area contributed by atoms with Crippen molar-refractivity contribution in [3.8, 4) is 11.5 Å². The molecule has 12 heavy (non-hydrogen) atoms. The summed E-state index contributed by atoms with van der Waals surface area (Å²) >= 11 is 0. The first kappa shape index (κ1) is 7.90. The van der Waals surface area contributed by atoms with Crippen molar-refractivity contribution in [2.24, 2.45) is 0 Å². The molecule has 58 valence electrons. The minimum Gasteiger partial charge on any atom is -0.158 e. The van der Waals surface area contributed by atoms with Crippen molar-refractivity contribution >= 4 is 0 Å². The second-order valence-electron chi connectivity index (χ2n) is 1.84. The molecule has 0 heterocycles. The van der Waals surface area contributed by atoms with Gasteiger partial charge in [0.1, 0.15) is 0 Å². The van der Waals surface area contributed by atoms with Crippen LogP contribution in [0.3, 0.4) is 0 Å². The standard InChI is InChI=1S/C8H4N2O2/c1-9-11-7-3-5-8(6-4-7)12-10-2/h3-6H. The zero-order valence-corrected chi connectivity index (χ0v) is 6.02. The first-order chi connectivity index (χ1) is 5.86. The minimum absolute atomic E-state index is 0.433. The molecule has 4 heteroatoms. The quantitative estimate of drug-likeness (QED) is 0.489. The third-order valence-corrected chi connectivity index (χ3v) is 1.13. The molecule has 1 rings (SSSR count). The van der Waals surface area contributed by atoms with Crippen molar-refractivity contribution in [3.63, 3.8) is 0 Å². The van der Waals surface area contributed by atoms with E-state index in [0.717, 1.165) is 0 Å². The van der Waals surface area contributed by atoms with Crippen LogP contribution in [0, 0.1) is 13.1 Å². The van der Waals surface area contributed by atoms with Gasteiger partial charge in [-0.05, 0) is 34.3 Å². The van der Waals surface area contributed by atoms with Gasteiger partial charge >= 0.3 is 0 Å². The minimum atomic E-state index is 0.433. The van der Waals surface area contributed by atoms with E-state index >= 15 is 0 Å². The zero-order valence-electron chi connectivity index (χ0n) is 6.02. The predicted octanol–water partition coefficient (Wildman–Crippen LogP) is 2.11. The molecule has 0 aromatic heterocycles. The molecule has 1 aromatic carbocycles. The molecule has 0 spiro atoms. The van der Waals surface area contributed by atoms with E-state index in [9.17, 15) is 0 Å². The summed E-state index contributed by atoms with van der Waals surface area (Å²) < 4.78 is 0. The summed E-state index contributed by atoms with van der Waals surface area (Å²) in [6.07, 6.45) is 0. The molecule has 0 unspecified atom stereocenters. The van der Waals surface area contributed by atoms with Crippen molar-refractivity contribution in [2.75, 3.05) is 0 Å². The van der Waals surface area contributed by atoms with Crippen LogP contribution in [0.4, 0.5) is 0 Å². The Morgan fingerprint density at radius 1 is 0.833 bits per heavy atom. The average molecular weight is 160 g/mol. The number of hydrogen-bond acceptors (Lipinski definition) is 2. The Morgan fingerprint density at radius 2 is 1.17 bits per heavy atom. The Bertz CT molecular complexity index is 297. The molecule has 4 nitrogen and oxygen atoms in total. The number of hydrogen-bond donors (Lipinski definition) is 0. The van der Waals surface area contributed by atoms with Crippen LogP contribution in [-0.2, 0) is 0 Å². The summed E-state index contributed by atoms with van der Waals surface area (Å²) in [6.45, 7) is 12.8. The van der Waals surface area contributed by atoms with Crippen LogP contribution in [-0.4, -0.2) is 0 Å². The molecule has 0 aliphatic heterocycles. The fourth-order valence-electron chi connectivity index (χ4n) is 0.667. The topological polar surface area (TPSA) is 27.2 Å². The summed E-state index contributed by atoms with van der Waals surface area (Å²) in [5, 5.41) is 5.46. The lowest BCUT2D eigenvalue weighted by Crippen LogP contribution is -1.80. The van der Waals surface area contributed by atoms with Gasteiger partial charge in [-0.15, -0.1) is 0 Å². The van der Waals surface area contributed by atoms with Gasteiger partial charge in [0.15, 0.2) is 0 Å². The fourth-order valence-corrected chi connectivity index (χ4v) is 0.667. The van der Waals surface area contributed by atoms with Gasteiger partial charge in [-0.1, -0.05) is 0 Å². The van der Waals surface area contributed by atoms with E-state index < -0.39 is 0 Å². The van der Waals surface area contributed by atoms with Crippen LogP contribution in [0.25, 0.3) is 10.0 Å². The lowest BCUT2D eigenvalue weighted by molar-refractivity contribution is 0.459. The maximum atomic E-state index is 6.40. The molecule has 0 fully saturated rings. The van der Waals surface area contributed by atoms with Gasteiger partial charge in [-0.2, -0.15) is 22.8 Å². The van der Waals surface area contributed by atoms with Gasteiger partial charge in [0, 0.05) is 0 Å². The van der Waals surface area contributed by atoms with Gasteiger partial charge in [0.25, 0.3) is 0 Å². The molecule has 1 aromatic rings. The Labute approximate surface area is 69.5 Å². The highest BCUT2D eigenvalue weighted by atomic mass is 16.6. The van der Waals surface area contributed by atoms with E-state index in [1.165, 1.54) is 0 Å². The van der Waals surface area contributed by atoms with Gasteiger partial charge in [0.05, 0.1) is 0 Å². The lowest BCUT2D eigenvalue weighted by atomic mass is 10.3. The smallest absolute Gasteiger partial charge is 0.158 e. The van der Waals surface area contributed by atoms with Gasteiger partial charge in [-0.25, -0.2) is 0 Å². The maximum absolute atomic E-state index is 6.40. The summed E-state index contributed by atoms with van der Waals surface area (Å²) in [4.78, 5) is 9.00. The third kappa shape index (κ3) is 1.89. The van der Waals surface area contributed by atoms with Crippen LogP contribution in [0.2, 0.25) is 0 Å². The van der Waals surface area contributed by atoms with Crippen molar-refractivity contribution in [1.82, 2.24) is 0 Å². The van der Waals surface area contributed by atoms with Crippen LogP contribution in [0.5, 0.6) is 11.5 Å². The molecule has 0 aliphatic carbocycles. The molecular formula is C8H4N2O2. The van der Waals surface area contributed by atoms with E-state index in [4.69, 9.17) is 13.1 Å². The number of rotatable bonds is 2. The fraction of sp³-hybridized carbons (Fsp3) is 0. The van der Waals surface area contributed by atoms with Crippen LogP contribution < -0.4 is 9.68 Å².